The molecule has 1 heterocycles. The molecule has 0 amide bonds. The average molecular weight is 280 g/mol. The van der Waals surface area contributed by atoms with Crippen molar-refractivity contribution in [2.75, 3.05) is 18.1 Å². The van der Waals surface area contributed by atoms with Crippen molar-refractivity contribution in [3.63, 3.8) is 0 Å². The third-order valence-corrected chi connectivity index (χ3v) is 4.50. The zero-order chi connectivity index (χ0) is 13.2. The van der Waals surface area contributed by atoms with Gasteiger partial charge in [-0.1, -0.05) is 24.4 Å². The summed E-state index contributed by atoms with van der Waals surface area (Å²) in [5.41, 5.74) is 1.66. The summed E-state index contributed by atoms with van der Waals surface area (Å²) < 4.78 is 5.88. The van der Waals surface area contributed by atoms with Crippen LogP contribution >= 0.6 is 11.6 Å². The van der Waals surface area contributed by atoms with Gasteiger partial charge >= 0.3 is 0 Å². The van der Waals surface area contributed by atoms with Crippen LogP contribution in [-0.4, -0.2) is 31.6 Å². The second-order valence-corrected chi connectivity index (χ2v) is 5.69. The zero-order valence-electron chi connectivity index (χ0n) is 10.8. The van der Waals surface area contributed by atoms with Crippen molar-refractivity contribution in [3.05, 3.63) is 28.8 Å². The van der Waals surface area contributed by atoms with Gasteiger partial charge in [0.1, 0.15) is 0 Å². The number of carbonyl (C=O) groups is 1. The number of hydrogen-bond donors (Lipinski definition) is 0. The van der Waals surface area contributed by atoms with Crippen LogP contribution in [0.3, 0.4) is 0 Å². The monoisotopic (exact) mass is 279 g/mol. The molecule has 2 unspecified atom stereocenters. The molecule has 0 bridgehead atoms. The Morgan fingerprint density at radius 2 is 2.16 bits per heavy atom. The van der Waals surface area contributed by atoms with Gasteiger partial charge in [-0.05, 0) is 31.0 Å². The van der Waals surface area contributed by atoms with Crippen LogP contribution in [0.25, 0.3) is 0 Å². The molecule has 3 rings (SSSR count). The summed E-state index contributed by atoms with van der Waals surface area (Å²) in [5, 5.41) is 0.534. The minimum atomic E-state index is 0.354. The molecule has 1 aliphatic carbocycles. The maximum Gasteiger partial charge on any atom is 0.151 e. The lowest BCUT2D eigenvalue weighted by Crippen LogP contribution is -2.52. The summed E-state index contributed by atoms with van der Waals surface area (Å²) in [6.45, 7) is 1.67. The Kier molecular flexibility index (Phi) is 3.76. The molecule has 1 aromatic carbocycles. The second-order valence-electron chi connectivity index (χ2n) is 5.28. The lowest BCUT2D eigenvalue weighted by Gasteiger charge is -2.45. The van der Waals surface area contributed by atoms with E-state index in [2.05, 4.69) is 4.90 Å². The lowest BCUT2D eigenvalue weighted by molar-refractivity contribution is -0.00867. The summed E-state index contributed by atoms with van der Waals surface area (Å²) in [5.74, 6) is 0. The molecular weight excluding hydrogens is 262 g/mol. The minimum Gasteiger partial charge on any atom is -0.374 e. The van der Waals surface area contributed by atoms with Crippen LogP contribution in [0, 0.1) is 0 Å². The SMILES string of the molecule is O=Cc1ccc(N2CCOC3CCCCC32)cc1Cl. The van der Waals surface area contributed by atoms with Crippen LogP contribution in [0.5, 0.6) is 0 Å². The van der Waals surface area contributed by atoms with Crippen molar-refractivity contribution in [2.45, 2.75) is 37.8 Å². The molecule has 19 heavy (non-hydrogen) atoms. The van der Waals surface area contributed by atoms with E-state index in [9.17, 15) is 4.79 Å². The molecule has 1 saturated heterocycles. The van der Waals surface area contributed by atoms with Gasteiger partial charge in [0.2, 0.25) is 0 Å². The van der Waals surface area contributed by atoms with Crippen LogP contribution in [0.1, 0.15) is 36.0 Å². The Bertz CT molecular complexity index is 475. The lowest BCUT2D eigenvalue weighted by atomic mass is 9.89. The topological polar surface area (TPSA) is 29.5 Å². The predicted molar refractivity (Wildman–Crippen MR) is 76.2 cm³/mol. The molecule has 102 valence electrons. The Morgan fingerprint density at radius 3 is 2.95 bits per heavy atom. The van der Waals surface area contributed by atoms with Crippen LogP contribution < -0.4 is 4.90 Å². The summed E-state index contributed by atoms with van der Waals surface area (Å²) in [4.78, 5) is 13.2. The number of hydrogen-bond acceptors (Lipinski definition) is 3. The van der Waals surface area contributed by atoms with E-state index in [1.54, 1.807) is 6.07 Å². The number of fused-ring (bicyclic) bond motifs is 1. The molecular formula is C15H18ClNO2. The minimum absolute atomic E-state index is 0.354. The van der Waals surface area contributed by atoms with E-state index in [-0.39, 0.29) is 0 Å². The molecule has 0 spiro atoms. The predicted octanol–water partition coefficient (Wildman–Crippen LogP) is 3.30. The van der Waals surface area contributed by atoms with Gasteiger partial charge in [-0.3, -0.25) is 4.79 Å². The van der Waals surface area contributed by atoms with Gasteiger partial charge in [0, 0.05) is 17.8 Å². The second kappa shape index (κ2) is 5.51. The molecule has 2 fully saturated rings. The Hall–Kier alpha value is -1.06. The van der Waals surface area contributed by atoms with Gasteiger partial charge < -0.3 is 9.64 Å². The van der Waals surface area contributed by atoms with Crippen molar-refractivity contribution >= 4 is 23.6 Å². The van der Waals surface area contributed by atoms with Crippen molar-refractivity contribution in [3.8, 4) is 0 Å². The van der Waals surface area contributed by atoms with Gasteiger partial charge in [0.15, 0.2) is 6.29 Å². The number of nitrogens with zero attached hydrogens (tertiary/aromatic N) is 1. The van der Waals surface area contributed by atoms with Gasteiger partial charge in [-0.2, -0.15) is 0 Å². The highest BCUT2D eigenvalue weighted by atomic mass is 35.5. The average Bonchev–Trinajstić information content (AvgIpc) is 2.46. The molecule has 1 aromatic rings. The van der Waals surface area contributed by atoms with Crippen LogP contribution in [-0.2, 0) is 4.74 Å². The quantitative estimate of drug-likeness (QED) is 0.778. The van der Waals surface area contributed by atoms with Gasteiger partial charge in [0.05, 0.1) is 23.8 Å². The van der Waals surface area contributed by atoms with E-state index >= 15 is 0 Å². The highest BCUT2D eigenvalue weighted by molar-refractivity contribution is 6.33. The van der Waals surface area contributed by atoms with Crippen molar-refractivity contribution < 1.29 is 9.53 Å². The highest BCUT2D eigenvalue weighted by Gasteiger charge is 2.34. The van der Waals surface area contributed by atoms with Crippen LogP contribution in [0.2, 0.25) is 5.02 Å². The number of aldehydes is 1. The van der Waals surface area contributed by atoms with Crippen molar-refractivity contribution in [1.29, 1.82) is 0 Å². The smallest absolute Gasteiger partial charge is 0.151 e. The maximum absolute atomic E-state index is 10.8. The van der Waals surface area contributed by atoms with E-state index in [1.807, 2.05) is 12.1 Å². The number of ether oxygens (including phenoxy) is 1. The van der Waals surface area contributed by atoms with E-state index in [4.69, 9.17) is 16.3 Å². The Balaban J connectivity index is 1.87. The Morgan fingerprint density at radius 1 is 1.32 bits per heavy atom. The van der Waals surface area contributed by atoms with Crippen molar-refractivity contribution in [1.82, 2.24) is 0 Å². The first-order valence-corrected chi connectivity index (χ1v) is 7.30. The number of carbonyl (C=O) groups excluding carboxylic acids is 1. The van der Waals surface area contributed by atoms with Gasteiger partial charge in [-0.25, -0.2) is 0 Å². The summed E-state index contributed by atoms with van der Waals surface area (Å²) in [7, 11) is 0. The van der Waals surface area contributed by atoms with Crippen LogP contribution in [0.15, 0.2) is 18.2 Å². The fourth-order valence-electron chi connectivity index (χ4n) is 3.21. The van der Waals surface area contributed by atoms with Crippen LogP contribution in [0.4, 0.5) is 5.69 Å². The van der Waals surface area contributed by atoms with E-state index in [0.717, 1.165) is 31.5 Å². The van der Waals surface area contributed by atoms with E-state index in [1.165, 1.54) is 19.3 Å². The molecule has 1 aliphatic heterocycles. The summed E-state index contributed by atoms with van der Waals surface area (Å²) >= 11 is 6.13. The molecule has 3 nitrogen and oxygen atoms in total. The van der Waals surface area contributed by atoms with Gasteiger partial charge in [0.25, 0.3) is 0 Å². The first-order valence-electron chi connectivity index (χ1n) is 6.92. The van der Waals surface area contributed by atoms with Crippen molar-refractivity contribution in [2.24, 2.45) is 0 Å². The largest absolute Gasteiger partial charge is 0.374 e. The number of anilines is 1. The Labute approximate surface area is 118 Å². The van der Waals surface area contributed by atoms with E-state index < -0.39 is 0 Å². The molecule has 2 atom stereocenters. The summed E-state index contributed by atoms with van der Waals surface area (Å²) in [6, 6.07) is 6.16. The fraction of sp³-hybridized carbons (Fsp3) is 0.533. The standard InChI is InChI=1S/C15H18ClNO2/c16-13-9-12(6-5-11(13)10-18)17-7-8-19-15-4-2-1-3-14(15)17/h5-6,9-10,14-15H,1-4,7-8H2. The first kappa shape index (κ1) is 12.9. The zero-order valence-corrected chi connectivity index (χ0v) is 11.6. The maximum atomic E-state index is 10.8. The molecule has 2 aliphatic rings. The third kappa shape index (κ3) is 2.49. The summed E-state index contributed by atoms with van der Waals surface area (Å²) in [6.07, 6.45) is 6.02. The molecule has 0 N–H and O–H groups in total. The number of rotatable bonds is 2. The number of benzene rings is 1. The molecule has 0 radical (unpaired) electrons. The first-order chi connectivity index (χ1) is 9.29. The molecule has 4 heteroatoms. The number of halogens is 1. The molecule has 1 saturated carbocycles. The fourth-order valence-corrected chi connectivity index (χ4v) is 3.43. The van der Waals surface area contributed by atoms with Gasteiger partial charge in [-0.15, -0.1) is 0 Å². The third-order valence-electron chi connectivity index (χ3n) is 4.17. The molecule has 0 aromatic heterocycles. The normalized spacial score (nSPS) is 26.9. The van der Waals surface area contributed by atoms with E-state index in [0.29, 0.717) is 22.7 Å². The number of morpholine rings is 1. The highest BCUT2D eigenvalue weighted by Crippen LogP contribution is 2.33.